The van der Waals surface area contributed by atoms with E-state index < -0.39 is 0 Å². The van der Waals surface area contributed by atoms with Crippen LogP contribution in [0.2, 0.25) is 5.02 Å². The number of halogens is 1. The molecule has 0 aliphatic rings. The summed E-state index contributed by atoms with van der Waals surface area (Å²) in [5.74, 6) is 0. The lowest BCUT2D eigenvalue weighted by Crippen LogP contribution is -2.23. The van der Waals surface area contributed by atoms with Gasteiger partial charge in [-0.15, -0.1) is 0 Å². The van der Waals surface area contributed by atoms with E-state index in [1.165, 1.54) is 0 Å². The van der Waals surface area contributed by atoms with Crippen LogP contribution in [0.3, 0.4) is 0 Å². The summed E-state index contributed by atoms with van der Waals surface area (Å²) < 4.78 is 1.75. The Morgan fingerprint density at radius 2 is 1.36 bits per heavy atom. The normalized spacial score (nSPS) is 10.9. The van der Waals surface area contributed by atoms with Gasteiger partial charge in [0.05, 0.1) is 10.5 Å². The van der Waals surface area contributed by atoms with Gasteiger partial charge in [-0.25, -0.2) is 0 Å². The Kier molecular flexibility index (Phi) is 4.12. The van der Waals surface area contributed by atoms with Crippen LogP contribution < -0.4 is 5.56 Å². The summed E-state index contributed by atoms with van der Waals surface area (Å²) in [5.41, 5.74) is 3.28. The zero-order valence-electron chi connectivity index (χ0n) is 13.5. The molecule has 0 aliphatic carbocycles. The SMILES string of the molecule is O=c1c(Cc2ccccc2)c(Cl)c2ccccc2n1-c1ccccc1. The Morgan fingerprint density at radius 3 is 2.08 bits per heavy atom. The van der Waals surface area contributed by atoms with E-state index in [1.54, 1.807) is 4.57 Å². The van der Waals surface area contributed by atoms with Crippen molar-refractivity contribution < 1.29 is 0 Å². The van der Waals surface area contributed by atoms with Crippen molar-refractivity contribution >= 4 is 22.5 Å². The molecule has 25 heavy (non-hydrogen) atoms. The molecule has 4 rings (SSSR count). The first kappa shape index (κ1) is 15.7. The van der Waals surface area contributed by atoms with E-state index in [1.807, 2.05) is 84.9 Å². The molecule has 0 N–H and O–H groups in total. The van der Waals surface area contributed by atoms with Gasteiger partial charge in [-0.1, -0.05) is 78.3 Å². The van der Waals surface area contributed by atoms with Crippen LogP contribution in [0.25, 0.3) is 16.6 Å². The van der Waals surface area contributed by atoms with Crippen LogP contribution in [-0.2, 0) is 6.42 Å². The summed E-state index contributed by atoms with van der Waals surface area (Å²) in [6.07, 6.45) is 0.510. The molecule has 3 heteroatoms. The Morgan fingerprint density at radius 1 is 0.760 bits per heavy atom. The molecule has 0 saturated carbocycles. The lowest BCUT2D eigenvalue weighted by Gasteiger charge is -2.15. The Labute approximate surface area is 150 Å². The van der Waals surface area contributed by atoms with E-state index >= 15 is 0 Å². The van der Waals surface area contributed by atoms with Crippen molar-refractivity contribution in [2.45, 2.75) is 6.42 Å². The fraction of sp³-hybridized carbons (Fsp3) is 0.0455. The van der Waals surface area contributed by atoms with Gasteiger partial charge >= 0.3 is 0 Å². The van der Waals surface area contributed by atoms with Gasteiger partial charge in [0.15, 0.2) is 0 Å². The summed E-state index contributed by atoms with van der Waals surface area (Å²) in [6.45, 7) is 0. The Hall–Kier alpha value is -2.84. The van der Waals surface area contributed by atoms with Crippen LogP contribution in [0, 0.1) is 0 Å². The molecule has 4 aromatic rings. The summed E-state index contributed by atoms with van der Waals surface area (Å²) in [5, 5.41) is 1.43. The first-order chi connectivity index (χ1) is 12.3. The summed E-state index contributed by atoms with van der Waals surface area (Å²) in [7, 11) is 0. The lowest BCUT2D eigenvalue weighted by atomic mass is 10.0. The fourth-order valence-corrected chi connectivity index (χ4v) is 3.45. The number of rotatable bonds is 3. The number of benzene rings is 3. The third-order valence-electron chi connectivity index (χ3n) is 4.35. The van der Waals surface area contributed by atoms with Crippen molar-refractivity contribution in [3.05, 3.63) is 111 Å². The molecular weight excluding hydrogens is 330 g/mol. The monoisotopic (exact) mass is 345 g/mol. The number of nitrogens with zero attached hydrogens (tertiary/aromatic N) is 1. The molecule has 1 heterocycles. The average molecular weight is 346 g/mol. The van der Waals surface area contributed by atoms with Gasteiger partial charge in [-0.3, -0.25) is 9.36 Å². The number of fused-ring (bicyclic) bond motifs is 1. The Bertz CT molecular complexity index is 1090. The fourth-order valence-electron chi connectivity index (χ4n) is 3.14. The summed E-state index contributed by atoms with van der Waals surface area (Å²) in [4.78, 5) is 13.3. The summed E-state index contributed by atoms with van der Waals surface area (Å²) in [6, 6.07) is 27.4. The second kappa shape index (κ2) is 6.58. The van der Waals surface area contributed by atoms with Crippen LogP contribution in [-0.4, -0.2) is 4.57 Å². The zero-order chi connectivity index (χ0) is 17.2. The maximum Gasteiger partial charge on any atom is 0.260 e. The quantitative estimate of drug-likeness (QED) is 0.498. The second-order valence-corrected chi connectivity index (χ2v) is 6.33. The molecule has 0 fully saturated rings. The van der Waals surface area contributed by atoms with Crippen molar-refractivity contribution in [2.75, 3.05) is 0 Å². The van der Waals surface area contributed by atoms with E-state index in [4.69, 9.17) is 11.6 Å². The molecule has 0 bridgehead atoms. The average Bonchev–Trinajstić information content (AvgIpc) is 2.67. The van der Waals surface area contributed by atoms with Crippen molar-refractivity contribution in [3.8, 4) is 5.69 Å². The standard InChI is InChI=1S/C22H16ClNO/c23-21-18-13-7-8-14-20(18)24(17-11-5-2-6-12-17)22(25)19(21)15-16-9-3-1-4-10-16/h1-14H,15H2. The van der Waals surface area contributed by atoms with Crippen LogP contribution >= 0.6 is 11.6 Å². The van der Waals surface area contributed by atoms with Crippen LogP contribution in [0.15, 0.2) is 89.7 Å². The molecule has 3 aromatic carbocycles. The van der Waals surface area contributed by atoms with Crippen LogP contribution in [0.4, 0.5) is 0 Å². The molecule has 0 spiro atoms. The highest BCUT2D eigenvalue weighted by molar-refractivity contribution is 6.36. The minimum Gasteiger partial charge on any atom is -0.277 e. The van der Waals surface area contributed by atoms with Gasteiger partial charge in [0, 0.05) is 23.1 Å². The highest BCUT2D eigenvalue weighted by Gasteiger charge is 2.16. The Balaban J connectivity index is 2.03. The molecule has 0 saturated heterocycles. The van der Waals surface area contributed by atoms with E-state index in [0.717, 1.165) is 22.2 Å². The molecule has 0 aliphatic heterocycles. The van der Waals surface area contributed by atoms with E-state index in [2.05, 4.69) is 0 Å². The van der Waals surface area contributed by atoms with E-state index in [-0.39, 0.29) is 5.56 Å². The number of aromatic nitrogens is 1. The molecule has 0 atom stereocenters. The molecular formula is C22H16ClNO. The minimum atomic E-state index is -0.0706. The second-order valence-electron chi connectivity index (χ2n) is 5.95. The van der Waals surface area contributed by atoms with Gasteiger partial charge < -0.3 is 0 Å². The first-order valence-electron chi connectivity index (χ1n) is 8.17. The molecule has 0 unspecified atom stereocenters. The van der Waals surface area contributed by atoms with Gasteiger partial charge in [0.2, 0.25) is 0 Å². The number of hydrogen-bond acceptors (Lipinski definition) is 1. The highest BCUT2D eigenvalue weighted by atomic mass is 35.5. The molecule has 122 valence electrons. The smallest absolute Gasteiger partial charge is 0.260 e. The number of pyridine rings is 1. The van der Waals surface area contributed by atoms with Gasteiger partial charge in [0.25, 0.3) is 5.56 Å². The summed E-state index contributed by atoms with van der Waals surface area (Å²) >= 11 is 6.64. The maximum atomic E-state index is 13.3. The third kappa shape index (κ3) is 2.86. The lowest BCUT2D eigenvalue weighted by molar-refractivity contribution is 0.993. The minimum absolute atomic E-state index is 0.0706. The van der Waals surface area contributed by atoms with Crippen LogP contribution in [0.1, 0.15) is 11.1 Å². The highest BCUT2D eigenvalue weighted by Crippen LogP contribution is 2.28. The van der Waals surface area contributed by atoms with Crippen LogP contribution in [0.5, 0.6) is 0 Å². The molecule has 0 amide bonds. The molecule has 0 radical (unpaired) electrons. The maximum absolute atomic E-state index is 13.3. The molecule has 1 aromatic heterocycles. The van der Waals surface area contributed by atoms with Gasteiger partial charge in [-0.05, 0) is 23.8 Å². The predicted molar refractivity (Wildman–Crippen MR) is 104 cm³/mol. The first-order valence-corrected chi connectivity index (χ1v) is 8.55. The van der Waals surface area contributed by atoms with Crippen molar-refractivity contribution in [3.63, 3.8) is 0 Å². The topological polar surface area (TPSA) is 22.0 Å². The van der Waals surface area contributed by atoms with Crippen molar-refractivity contribution in [2.24, 2.45) is 0 Å². The van der Waals surface area contributed by atoms with E-state index in [9.17, 15) is 4.79 Å². The third-order valence-corrected chi connectivity index (χ3v) is 4.78. The number of hydrogen-bond donors (Lipinski definition) is 0. The van der Waals surface area contributed by atoms with Crippen molar-refractivity contribution in [1.29, 1.82) is 0 Å². The largest absolute Gasteiger partial charge is 0.277 e. The number of para-hydroxylation sites is 2. The predicted octanol–water partition coefficient (Wildman–Crippen LogP) is 5.23. The zero-order valence-corrected chi connectivity index (χ0v) is 14.3. The molecule has 2 nitrogen and oxygen atoms in total. The van der Waals surface area contributed by atoms with E-state index in [0.29, 0.717) is 17.0 Å². The van der Waals surface area contributed by atoms with Crippen molar-refractivity contribution in [1.82, 2.24) is 4.57 Å². The van der Waals surface area contributed by atoms with Gasteiger partial charge in [0.1, 0.15) is 0 Å². The van der Waals surface area contributed by atoms with Gasteiger partial charge in [-0.2, -0.15) is 0 Å².